The molecule has 5 nitrogen and oxygen atoms in total. The fraction of sp³-hybridized carbons (Fsp3) is 0.278. The minimum atomic E-state index is -0.164. The molecule has 1 atom stereocenters. The van der Waals surface area contributed by atoms with Crippen molar-refractivity contribution in [3.8, 4) is 11.5 Å². The Kier molecular flexibility index (Phi) is 4.48. The number of nitrogens with one attached hydrogen (secondary N) is 1. The van der Waals surface area contributed by atoms with Gasteiger partial charge in [-0.05, 0) is 31.8 Å². The summed E-state index contributed by atoms with van der Waals surface area (Å²) in [6.07, 6.45) is 0. The number of rotatable bonds is 5. The first kappa shape index (κ1) is 15.4. The maximum absolute atomic E-state index is 12.7. The van der Waals surface area contributed by atoms with Crippen molar-refractivity contribution >= 4 is 5.91 Å². The first-order valence-corrected chi connectivity index (χ1v) is 7.54. The summed E-state index contributed by atoms with van der Waals surface area (Å²) >= 11 is 0. The summed E-state index contributed by atoms with van der Waals surface area (Å²) in [6, 6.07) is 15.2. The van der Waals surface area contributed by atoms with Gasteiger partial charge in [0.1, 0.15) is 0 Å². The summed E-state index contributed by atoms with van der Waals surface area (Å²) in [6.45, 7) is 0.863. The Morgan fingerprint density at radius 1 is 1.13 bits per heavy atom. The van der Waals surface area contributed by atoms with Gasteiger partial charge in [-0.3, -0.25) is 4.79 Å². The highest BCUT2D eigenvalue weighted by atomic mass is 16.7. The van der Waals surface area contributed by atoms with Crippen molar-refractivity contribution in [3.05, 3.63) is 59.7 Å². The Morgan fingerprint density at radius 2 is 1.91 bits per heavy atom. The van der Waals surface area contributed by atoms with Crippen LogP contribution in [0.15, 0.2) is 48.5 Å². The number of hydrogen-bond acceptors (Lipinski definition) is 4. The van der Waals surface area contributed by atoms with Crippen molar-refractivity contribution in [1.29, 1.82) is 0 Å². The third-order valence-electron chi connectivity index (χ3n) is 3.70. The highest BCUT2D eigenvalue weighted by molar-refractivity contribution is 5.98. The number of nitrogens with zero attached hydrogens (tertiary/aromatic N) is 1. The van der Waals surface area contributed by atoms with Crippen LogP contribution in [0.1, 0.15) is 22.0 Å². The van der Waals surface area contributed by atoms with Gasteiger partial charge in [-0.25, -0.2) is 0 Å². The van der Waals surface area contributed by atoms with Crippen molar-refractivity contribution < 1.29 is 14.3 Å². The van der Waals surface area contributed by atoms with E-state index in [0.717, 1.165) is 5.56 Å². The van der Waals surface area contributed by atoms with Crippen LogP contribution < -0.4 is 14.8 Å². The minimum absolute atomic E-state index is 0.100. The molecular formula is C18H20N2O3. The summed E-state index contributed by atoms with van der Waals surface area (Å²) in [5, 5.41) is 3.09. The van der Waals surface area contributed by atoms with Gasteiger partial charge in [0.05, 0.1) is 11.6 Å². The molecule has 1 N–H and O–H groups in total. The van der Waals surface area contributed by atoms with Crippen molar-refractivity contribution in [1.82, 2.24) is 10.2 Å². The van der Waals surface area contributed by atoms with Gasteiger partial charge in [-0.1, -0.05) is 36.4 Å². The Labute approximate surface area is 135 Å². The molecule has 0 spiro atoms. The quantitative estimate of drug-likeness (QED) is 0.921. The Balaban J connectivity index is 1.83. The van der Waals surface area contributed by atoms with Crippen molar-refractivity contribution in [2.24, 2.45) is 0 Å². The van der Waals surface area contributed by atoms with E-state index >= 15 is 0 Å². The Morgan fingerprint density at radius 3 is 2.65 bits per heavy atom. The number of benzene rings is 2. The summed E-state index contributed by atoms with van der Waals surface area (Å²) < 4.78 is 10.8. The number of likely N-dealkylation sites (N-methyl/N-ethyl adjacent to an activating group) is 1. The standard InChI is InChI=1S/C18H20N2O3/c1-20(2)11-15(13-7-4-3-5-8-13)19-18(21)14-9-6-10-16-17(14)23-12-22-16/h3-10,15H,11-12H2,1-2H3,(H,19,21). The van der Waals surface area contributed by atoms with E-state index in [1.807, 2.05) is 49.3 Å². The van der Waals surface area contributed by atoms with Crippen LogP contribution in [0, 0.1) is 0 Å². The van der Waals surface area contributed by atoms with Gasteiger partial charge in [0.15, 0.2) is 11.5 Å². The van der Waals surface area contributed by atoms with Crippen LogP contribution in [0.3, 0.4) is 0 Å². The molecule has 23 heavy (non-hydrogen) atoms. The summed E-state index contributed by atoms with van der Waals surface area (Å²) in [4.78, 5) is 14.8. The number of carbonyl (C=O) groups is 1. The van der Waals surface area contributed by atoms with E-state index in [1.165, 1.54) is 0 Å². The van der Waals surface area contributed by atoms with E-state index in [0.29, 0.717) is 23.6 Å². The molecule has 0 saturated carbocycles. The number of amides is 1. The average molecular weight is 312 g/mol. The van der Waals surface area contributed by atoms with Crippen LogP contribution in [0.25, 0.3) is 0 Å². The second kappa shape index (κ2) is 6.71. The van der Waals surface area contributed by atoms with Gasteiger partial charge >= 0.3 is 0 Å². The minimum Gasteiger partial charge on any atom is -0.454 e. The second-order valence-corrected chi connectivity index (χ2v) is 5.74. The SMILES string of the molecule is CN(C)CC(NC(=O)c1cccc2c1OCO2)c1ccccc1. The molecule has 1 heterocycles. The lowest BCUT2D eigenvalue weighted by Gasteiger charge is -2.23. The highest BCUT2D eigenvalue weighted by Gasteiger charge is 2.24. The molecule has 5 heteroatoms. The molecule has 1 unspecified atom stereocenters. The van der Waals surface area contributed by atoms with Crippen LogP contribution in [-0.2, 0) is 0 Å². The molecule has 0 saturated heterocycles. The lowest BCUT2D eigenvalue weighted by molar-refractivity contribution is 0.0925. The van der Waals surface area contributed by atoms with Crippen LogP contribution in [0.4, 0.5) is 0 Å². The number of hydrogen-bond donors (Lipinski definition) is 1. The summed E-state index contributed by atoms with van der Waals surface area (Å²) in [7, 11) is 3.97. The third kappa shape index (κ3) is 3.46. The van der Waals surface area contributed by atoms with Gasteiger partial charge in [0.2, 0.25) is 6.79 Å². The van der Waals surface area contributed by atoms with Crippen molar-refractivity contribution in [2.75, 3.05) is 27.4 Å². The molecular weight excluding hydrogens is 292 g/mol. The van der Waals surface area contributed by atoms with E-state index in [2.05, 4.69) is 5.32 Å². The predicted molar refractivity (Wildman–Crippen MR) is 87.8 cm³/mol. The van der Waals surface area contributed by atoms with E-state index in [4.69, 9.17) is 9.47 Å². The van der Waals surface area contributed by atoms with E-state index in [-0.39, 0.29) is 18.7 Å². The average Bonchev–Trinajstić information content (AvgIpc) is 3.03. The first-order chi connectivity index (χ1) is 11.1. The molecule has 1 aliphatic rings. The smallest absolute Gasteiger partial charge is 0.255 e. The van der Waals surface area contributed by atoms with Gasteiger partial charge in [0.25, 0.3) is 5.91 Å². The van der Waals surface area contributed by atoms with Crippen molar-refractivity contribution in [3.63, 3.8) is 0 Å². The van der Waals surface area contributed by atoms with Crippen molar-refractivity contribution in [2.45, 2.75) is 6.04 Å². The predicted octanol–water partition coefficient (Wildman–Crippen LogP) is 2.45. The maximum atomic E-state index is 12.7. The van der Waals surface area contributed by atoms with Crippen LogP contribution >= 0.6 is 0 Å². The zero-order valence-electron chi connectivity index (χ0n) is 13.3. The number of ether oxygens (including phenoxy) is 2. The zero-order chi connectivity index (χ0) is 16.2. The van der Waals surface area contributed by atoms with Gasteiger partial charge in [-0.2, -0.15) is 0 Å². The molecule has 2 aromatic rings. The summed E-state index contributed by atoms with van der Waals surface area (Å²) in [5.74, 6) is 0.964. The van der Waals surface area contributed by atoms with Gasteiger partial charge in [0, 0.05) is 6.54 Å². The molecule has 1 aliphatic heterocycles. The van der Waals surface area contributed by atoms with Gasteiger partial charge in [-0.15, -0.1) is 0 Å². The maximum Gasteiger partial charge on any atom is 0.255 e. The summed E-state index contributed by atoms with van der Waals surface area (Å²) in [5.41, 5.74) is 1.57. The van der Waals surface area contributed by atoms with E-state index in [1.54, 1.807) is 18.2 Å². The molecule has 0 radical (unpaired) electrons. The molecule has 0 aromatic heterocycles. The lowest BCUT2D eigenvalue weighted by Crippen LogP contribution is -2.35. The highest BCUT2D eigenvalue weighted by Crippen LogP contribution is 2.35. The fourth-order valence-electron chi connectivity index (χ4n) is 2.63. The molecule has 3 rings (SSSR count). The van der Waals surface area contributed by atoms with Crippen LogP contribution in [0.2, 0.25) is 0 Å². The number of fused-ring (bicyclic) bond motifs is 1. The molecule has 0 fully saturated rings. The topological polar surface area (TPSA) is 50.8 Å². The third-order valence-corrected chi connectivity index (χ3v) is 3.70. The molecule has 0 bridgehead atoms. The van der Waals surface area contributed by atoms with Gasteiger partial charge < -0.3 is 19.7 Å². The van der Waals surface area contributed by atoms with Crippen LogP contribution in [-0.4, -0.2) is 38.2 Å². The fourth-order valence-corrected chi connectivity index (χ4v) is 2.63. The first-order valence-electron chi connectivity index (χ1n) is 7.54. The van der Waals surface area contributed by atoms with E-state index < -0.39 is 0 Å². The monoisotopic (exact) mass is 312 g/mol. The number of para-hydroxylation sites is 1. The largest absolute Gasteiger partial charge is 0.454 e. The molecule has 2 aromatic carbocycles. The molecule has 120 valence electrons. The zero-order valence-corrected chi connectivity index (χ0v) is 13.3. The lowest BCUT2D eigenvalue weighted by atomic mass is 10.1. The molecule has 1 amide bonds. The second-order valence-electron chi connectivity index (χ2n) is 5.74. The van der Waals surface area contributed by atoms with E-state index in [9.17, 15) is 4.79 Å². The normalized spacial score (nSPS) is 13.9. The Hall–Kier alpha value is -2.53. The number of carbonyl (C=O) groups excluding carboxylic acids is 1. The Bertz CT molecular complexity index is 686. The molecule has 0 aliphatic carbocycles. The van der Waals surface area contributed by atoms with Crippen LogP contribution in [0.5, 0.6) is 11.5 Å².